The van der Waals surface area contributed by atoms with Gasteiger partial charge in [-0.25, -0.2) is 0 Å². The zero-order valence-corrected chi connectivity index (χ0v) is 12.4. The third kappa shape index (κ3) is 4.01. The molecule has 114 valence electrons. The minimum Gasteiger partial charge on any atom is -0.496 e. The first-order valence-electron chi connectivity index (χ1n) is 7.05. The second kappa shape index (κ2) is 6.67. The minimum absolute atomic E-state index is 0.0339. The number of ketones is 1. The van der Waals surface area contributed by atoms with Gasteiger partial charge in [-0.3, -0.25) is 19.8 Å². The molecule has 0 aliphatic carbocycles. The molecular weight excluding hydrogens is 272 g/mol. The molecule has 2 rings (SSSR count). The Morgan fingerprint density at radius 1 is 1.48 bits per heavy atom. The average Bonchev–Trinajstić information content (AvgIpc) is 2.84. The van der Waals surface area contributed by atoms with Crippen LogP contribution in [-0.2, 0) is 11.3 Å². The van der Waals surface area contributed by atoms with E-state index >= 15 is 0 Å². The van der Waals surface area contributed by atoms with Crippen molar-refractivity contribution in [2.75, 3.05) is 13.7 Å². The molecule has 1 aliphatic rings. The number of rotatable bonds is 6. The van der Waals surface area contributed by atoms with Crippen molar-refractivity contribution in [1.82, 2.24) is 4.90 Å². The van der Waals surface area contributed by atoms with Crippen molar-refractivity contribution in [3.05, 3.63) is 33.9 Å². The molecule has 1 aromatic rings. The number of nitro benzene ring substituents is 1. The second-order valence-electron chi connectivity index (χ2n) is 5.47. The Kier molecular flexibility index (Phi) is 4.90. The fourth-order valence-electron chi connectivity index (χ4n) is 2.86. The van der Waals surface area contributed by atoms with Crippen molar-refractivity contribution in [2.45, 2.75) is 38.8 Å². The lowest BCUT2D eigenvalue weighted by Crippen LogP contribution is -2.30. The number of non-ortho nitro benzene ring substituents is 1. The normalized spacial score (nSPS) is 18.7. The van der Waals surface area contributed by atoms with Gasteiger partial charge < -0.3 is 4.74 Å². The number of likely N-dealkylation sites (tertiary alicyclic amines) is 1. The molecular formula is C15H20N2O4. The molecule has 0 amide bonds. The van der Waals surface area contributed by atoms with Gasteiger partial charge in [0.05, 0.1) is 18.1 Å². The van der Waals surface area contributed by atoms with E-state index in [2.05, 4.69) is 4.90 Å². The lowest BCUT2D eigenvalue weighted by Gasteiger charge is -2.23. The van der Waals surface area contributed by atoms with E-state index in [1.54, 1.807) is 13.0 Å². The number of methoxy groups -OCH3 is 1. The van der Waals surface area contributed by atoms with E-state index in [-0.39, 0.29) is 17.5 Å². The van der Waals surface area contributed by atoms with Crippen LogP contribution in [0.2, 0.25) is 0 Å². The van der Waals surface area contributed by atoms with Gasteiger partial charge in [-0.05, 0) is 37.9 Å². The Morgan fingerprint density at radius 3 is 2.86 bits per heavy atom. The number of Topliss-reactive ketones (excluding diaryl/α,β-unsaturated/α-hetero) is 1. The number of hydrogen-bond donors (Lipinski definition) is 0. The second-order valence-corrected chi connectivity index (χ2v) is 5.47. The van der Waals surface area contributed by atoms with Gasteiger partial charge in [-0.15, -0.1) is 0 Å². The third-order valence-corrected chi connectivity index (χ3v) is 3.81. The number of carbonyl (C=O) groups excluding carboxylic acids is 1. The quantitative estimate of drug-likeness (QED) is 0.595. The maximum atomic E-state index is 11.3. The summed E-state index contributed by atoms with van der Waals surface area (Å²) < 4.78 is 5.12. The molecule has 0 spiro atoms. The van der Waals surface area contributed by atoms with Crippen LogP contribution in [0.15, 0.2) is 18.2 Å². The van der Waals surface area contributed by atoms with Crippen molar-refractivity contribution in [1.29, 1.82) is 0 Å². The molecule has 0 N–H and O–H groups in total. The molecule has 6 nitrogen and oxygen atoms in total. The maximum Gasteiger partial charge on any atom is 0.273 e. The maximum absolute atomic E-state index is 11.3. The predicted octanol–water partition coefficient (Wildman–Crippen LogP) is 2.55. The zero-order chi connectivity index (χ0) is 15.4. The summed E-state index contributed by atoms with van der Waals surface area (Å²) >= 11 is 0. The Morgan fingerprint density at radius 2 is 2.24 bits per heavy atom. The molecule has 1 aromatic carbocycles. The summed E-state index contributed by atoms with van der Waals surface area (Å²) in [5, 5.41) is 11.0. The monoisotopic (exact) mass is 292 g/mol. The number of nitrogens with zero attached hydrogens (tertiary/aromatic N) is 2. The fraction of sp³-hybridized carbons (Fsp3) is 0.533. The Hall–Kier alpha value is -1.95. The van der Waals surface area contributed by atoms with E-state index < -0.39 is 4.92 Å². The van der Waals surface area contributed by atoms with Gasteiger partial charge in [0.1, 0.15) is 11.5 Å². The van der Waals surface area contributed by atoms with Crippen molar-refractivity contribution >= 4 is 11.5 Å². The molecule has 1 saturated heterocycles. The molecule has 21 heavy (non-hydrogen) atoms. The number of benzene rings is 1. The highest BCUT2D eigenvalue weighted by atomic mass is 16.6. The van der Waals surface area contributed by atoms with Crippen LogP contribution >= 0.6 is 0 Å². The van der Waals surface area contributed by atoms with Crippen LogP contribution < -0.4 is 4.74 Å². The van der Waals surface area contributed by atoms with Gasteiger partial charge in [-0.2, -0.15) is 0 Å². The SMILES string of the molecule is COc1cc(CN2CCCC2CC(C)=O)cc([N+](=O)[O-])c1. The van der Waals surface area contributed by atoms with Crippen LogP contribution in [-0.4, -0.2) is 35.3 Å². The summed E-state index contributed by atoms with van der Waals surface area (Å²) in [6, 6.07) is 5.05. The standard InChI is InChI=1S/C15H20N2O4/c1-11(18)6-13-4-3-5-16(13)10-12-7-14(17(19)20)9-15(8-12)21-2/h7-9,13H,3-6,10H2,1-2H3. The van der Waals surface area contributed by atoms with Gasteiger partial charge in [0, 0.05) is 25.1 Å². The topological polar surface area (TPSA) is 72.7 Å². The van der Waals surface area contributed by atoms with E-state index in [1.165, 1.54) is 13.2 Å². The summed E-state index contributed by atoms with van der Waals surface area (Å²) in [5.74, 6) is 0.671. The Bertz CT molecular complexity index is 544. The molecule has 1 aliphatic heterocycles. The molecule has 1 heterocycles. The highest BCUT2D eigenvalue weighted by molar-refractivity contribution is 5.76. The molecule has 0 aromatic heterocycles. The van der Waals surface area contributed by atoms with Gasteiger partial charge in [0.25, 0.3) is 5.69 Å². The molecule has 6 heteroatoms. The summed E-state index contributed by atoms with van der Waals surface area (Å²) in [6.45, 7) is 3.13. The number of carbonyl (C=O) groups is 1. The highest BCUT2D eigenvalue weighted by Gasteiger charge is 2.26. The molecule has 0 saturated carbocycles. The van der Waals surface area contributed by atoms with Gasteiger partial charge >= 0.3 is 0 Å². The van der Waals surface area contributed by atoms with Crippen LogP contribution in [0.4, 0.5) is 5.69 Å². The van der Waals surface area contributed by atoms with Gasteiger partial charge in [-0.1, -0.05) is 0 Å². The van der Waals surface area contributed by atoms with Crippen molar-refractivity contribution < 1.29 is 14.5 Å². The first kappa shape index (κ1) is 15.4. The van der Waals surface area contributed by atoms with Crippen LogP contribution in [0, 0.1) is 10.1 Å². The first-order valence-corrected chi connectivity index (χ1v) is 7.05. The number of ether oxygens (including phenoxy) is 1. The van der Waals surface area contributed by atoms with E-state index in [9.17, 15) is 14.9 Å². The van der Waals surface area contributed by atoms with Crippen LogP contribution in [0.3, 0.4) is 0 Å². The lowest BCUT2D eigenvalue weighted by molar-refractivity contribution is -0.385. The molecule has 1 atom stereocenters. The van der Waals surface area contributed by atoms with E-state index in [0.717, 1.165) is 24.9 Å². The highest BCUT2D eigenvalue weighted by Crippen LogP contribution is 2.27. The molecule has 1 unspecified atom stereocenters. The lowest BCUT2D eigenvalue weighted by atomic mass is 10.1. The van der Waals surface area contributed by atoms with Crippen molar-refractivity contribution in [3.8, 4) is 5.75 Å². The zero-order valence-electron chi connectivity index (χ0n) is 12.4. The minimum atomic E-state index is -0.414. The van der Waals surface area contributed by atoms with Crippen molar-refractivity contribution in [3.63, 3.8) is 0 Å². The summed E-state index contributed by atoms with van der Waals surface area (Å²) in [5.41, 5.74) is 0.878. The fourth-order valence-corrected chi connectivity index (χ4v) is 2.86. The van der Waals surface area contributed by atoms with Crippen LogP contribution in [0.1, 0.15) is 31.7 Å². The average molecular weight is 292 g/mol. The molecule has 1 fully saturated rings. The Balaban J connectivity index is 2.16. The summed E-state index contributed by atoms with van der Waals surface area (Å²) in [4.78, 5) is 24.1. The van der Waals surface area contributed by atoms with Gasteiger partial charge in [0.15, 0.2) is 0 Å². The molecule has 0 radical (unpaired) electrons. The largest absolute Gasteiger partial charge is 0.496 e. The Labute approximate surface area is 123 Å². The van der Waals surface area contributed by atoms with Crippen LogP contribution in [0.5, 0.6) is 5.75 Å². The number of hydrogen-bond acceptors (Lipinski definition) is 5. The third-order valence-electron chi connectivity index (χ3n) is 3.81. The van der Waals surface area contributed by atoms with E-state index in [4.69, 9.17) is 4.74 Å². The summed E-state index contributed by atoms with van der Waals surface area (Å²) in [7, 11) is 1.50. The molecule has 0 bridgehead atoms. The van der Waals surface area contributed by atoms with Crippen molar-refractivity contribution in [2.24, 2.45) is 0 Å². The predicted molar refractivity (Wildman–Crippen MR) is 78.4 cm³/mol. The smallest absolute Gasteiger partial charge is 0.273 e. The van der Waals surface area contributed by atoms with Gasteiger partial charge in [0.2, 0.25) is 0 Å². The first-order chi connectivity index (χ1) is 9.99. The van der Waals surface area contributed by atoms with Crippen LogP contribution in [0.25, 0.3) is 0 Å². The van der Waals surface area contributed by atoms with E-state index in [1.807, 2.05) is 6.07 Å². The number of nitro groups is 1. The summed E-state index contributed by atoms with van der Waals surface area (Å²) in [6.07, 6.45) is 2.61. The van der Waals surface area contributed by atoms with E-state index in [0.29, 0.717) is 18.7 Å².